The van der Waals surface area contributed by atoms with Crippen LogP contribution in [0.1, 0.15) is 54.8 Å². The number of ketones is 1. The lowest BCUT2D eigenvalue weighted by atomic mass is 9.72. The summed E-state index contributed by atoms with van der Waals surface area (Å²) in [4.78, 5) is 18.4. The van der Waals surface area contributed by atoms with Gasteiger partial charge in [-0.15, -0.1) is 0 Å². The van der Waals surface area contributed by atoms with Crippen LogP contribution in [0.2, 0.25) is 0 Å². The molecule has 4 nitrogen and oxygen atoms in total. The number of carbonyl (C=O) groups excluding carboxylic acids is 1. The van der Waals surface area contributed by atoms with Crippen LogP contribution < -0.4 is 10.1 Å². The zero-order chi connectivity index (χ0) is 23.8. The van der Waals surface area contributed by atoms with Gasteiger partial charge in [0.15, 0.2) is 5.78 Å². The number of benzene rings is 3. The summed E-state index contributed by atoms with van der Waals surface area (Å²) in [6, 6.07) is 26.7. The fourth-order valence-corrected chi connectivity index (χ4v) is 5.52. The number of carbonyl (C=O) groups is 1. The lowest BCUT2D eigenvalue weighted by Gasteiger charge is -2.37. The van der Waals surface area contributed by atoms with E-state index in [2.05, 4.69) is 71.8 Å². The number of nitrogens with one attached hydrogen (secondary N) is 1. The second kappa shape index (κ2) is 9.03. The maximum Gasteiger partial charge on any atom is 0.162 e. The van der Waals surface area contributed by atoms with E-state index >= 15 is 0 Å². The second-order valence-corrected chi connectivity index (χ2v) is 9.38. The van der Waals surface area contributed by atoms with Crippen LogP contribution in [0, 0.1) is 0 Å². The van der Waals surface area contributed by atoms with Crippen molar-refractivity contribution in [3.63, 3.8) is 0 Å². The first-order valence-electron chi connectivity index (χ1n) is 12.4. The molecule has 35 heavy (non-hydrogen) atoms. The van der Waals surface area contributed by atoms with E-state index in [1.54, 1.807) is 0 Å². The summed E-state index contributed by atoms with van der Waals surface area (Å²) >= 11 is 0. The van der Waals surface area contributed by atoms with Gasteiger partial charge in [-0.1, -0.05) is 55.5 Å². The molecule has 0 spiro atoms. The number of anilines is 1. The van der Waals surface area contributed by atoms with Crippen LogP contribution in [0.5, 0.6) is 5.75 Å². The van der Waals surface area contributed by atoms with Crippen molar-refractivity contribution in [2.45, 2.75) is 38.1 Å². The molecule has 0 saturated heterocycles. The number of ether oxygens (including phenoxy) is 1. The van der Waals surface area contributed by atoms with Crippen LogP contribution in [-0.4, -0.2) is 17.4 Å². The molecule has 0 radical (unpaired) electrons. The zero-order valence-electron chi connectivity index (χ0n) is 19.8. The van der Waals surface area contributed by atoms with Crippen LogP contribution in [-0.2, 0) is 4.79 Å². The van der Waals surface area contributed by atoms with Crippen molar-refractivity contribution in [1.29, 1.82) is 0 Å². The lowest BCUT2D eigenvalue weighted by Crippen LogP contribution is -2.29. The number of aromatic nitrogens is 1. The normalized spacial score (nSPS) is 19.2. The number of fused-ring (bicyclic) bond motifs is 4. The minimum Gasteiger partial charge on any atom is -0.494 e. The molecule has 0 fully saturated rings. The van der Waals surface area contributed by atoms with Gasteiger partial charge < -0.3 is 10.1 Å². The first kappa shape index (κ1) is 21.6. The standard InChI is InChI=1S/C31H28N2O2/c1-2-17-35-23-12-10-21(11-13-23)31-30-25(18-22(19-28(30)34)20-7-4-3-5-8-20)29-24-9-6-16-32-26(24)14-15-27(29)33-31/h3-16,22,31,33H,2,17-19H2,1H3/t22-,31-/m1/s1. The molecule has 4 heteroatoms. The molecule has 1 aliphatic carbocycles. The number of rotatable bonds is 5. The third-order valence-electron chi connectivity index (χ3n) is 7.14. The molecular formula is C31H28N2O2. The molecule has 1 N–H and O–H groups in total. The molecule has 1 aliphatic heterocycles. The predicted molar refractivity (Wildman–Crippen MR) is 141 cm³/mol. The highest BCUT2D eigenvalue weighted by molar-refractivity contribution is 6.12. The number of allylic oxidation sites excluding steroid dienone is 1. The van der Waals surface area contributed by atoms with E-state index in [0.29, 0.717) is 13.0 Å². The molecule has 0 bridgehead atoms. The average Bonchev–Trinajstić information content (AvgIpc) is 2.91. The fraction of sp³-hybridized carbons (Fsp3) is 0.226. The third kappa shape index (κ3) is 3.89. The average molecular weight is 461 g/mol. The monoisotopic (exact) mass is 460 g/mol. The van der Waals surface area contributed by atoms with Crippen molar-refractivity contribution >= 4 is 27.9 Å². The Balaban J connectivity index is 1.49. The number of hydrogen-bond acceptors (Lipinski definition) is 4. The van der Waals surface area contributed by atoms with Gasteiger partial charge >= 0.3 is 0 Å². The largest absolute Gasteiger partial charge is 0.494 e. The smallest absolute Gasteiger partial charge is 0.162 e. The molecule has 0 amide bonds. The van der Waals surface area contributed by atoms with E-state index in [4.69, 9.17) is 4.74 Å². The summed E-state index contributed by atoms with van der Waals surface area (Å²) in [5.74, 6) is 1.25. The Morgan fingerprint density at radius 1 is 0.914 bits per heavy atom. The third-order valence-corrected chi connectivity index (χ3v) is 7.14. The number of hydrogen-bond donors (Lipinski definition) is 1. The molecule has 6 rings (SSSR count). The quantitative estimate of drug-likeness (QED) is 0.345. The van der Waals surface area contributed by atoms with Crippen molar-refractivity contribution in [1.82, 2.24) is 4.98 Å². The Labute approximate surface area is 205 Å². The fourth-order valence-electron chi connectivity index (χ4n) is 5.52. The van der Waals surface area contributed by atoms with Gasteiger partial charge in [0.1, 0.15) is 5.75 Å². The maximum absolute atomic E-state index is 13.8. The minimum atomic E-state index is -0.184. The molecule has 0 unspecified atom stereocenters. The molecule has 0 saturated carbocycles. The number of nitrogens with zero attached hydrogens (tertiary/aromatic N) is 1. The summed E-state index contributed by atoms with van der Waals surface area (Å²) in [5, 5.41) is 4.80. The zero-order valence-corrected chi connectivity index (χ0v) is 19.8. The van der Waals surface area contributed by atoms with E-state index < -0.39 is 0 Å². The van der Waals surface area contributed by atoms with Crippen molar-refractivity contribution in [2.24, 2.45) is 0 Å². The van der Waals surface area contributed by atoms with Gasteiger partial charge in [0.25, 0.3) is 0 Å². The van der Waals surface area contributed by atoms with E-state index in [1.807, 2.05) is 30.5 Å². The van der Waals surface area contributed by atoms with Gasteiger partial charge in [-0.25, -0.2) is 0 Å². The highest BCUT2D eigenvalue weighted by Gasteiger charge is 2.38. The summed E-state index contributed by atoms with van der Waals surface area (Å²) in [7, 11) is 0. The summed E-state index contributed by atoms with van der Waals surface area (Å²) in [6.45, 7) is 2.80. The summed E-state index contributed by atoms with van der Waals surface area (Å²) < 4.78 is 5.79. The highest BCUT2D eigenvalue weighted by Crippen LogP contribution is 2.50. The van der Waals surface area contributed by atoms with Gasteiger partial charge in [-0.3, -0.25) is 9.78 Å². The summed E-state index contributed by atoms with van der Waals surface area (Å²) in [6.07, 6.45) is 4.15. The van der Waals surface area contributed by atoms with Crippen molar-refractivity contribution in [3.05, 3.63) is 107 Å². The SMILES string of the molecule is CCCOc1ccc([C@H]2Nc3ccc4ncccc4c3C3=C2C(=O)C[C@H](c2ccccc2)C3)cc1. The molecule has 174 valence electrons. The van der Waals surface area contributed by atoms with E-state index in [-0.39, 0.29) is 17.7 Å². The maximum atomic E-state index is 13.8. The van der Waals surface area contributed by atoms with Crippen LogP contribution in [0.25, 0.3) is 16.5 Å². The molecule has 2 heterocycles. The van der Waals surface area contributed by atoms with Gasteiger partial charge in [-0.2, -0.15) is 0 Å². The van der Waals surface area contributed by atoms with Crippen LogP contribution in [0.4, 0.5) is 5.69 Å². The molecule has 1 aromatic heterocycles. The Morgan fingerprint density at radius 2 is 1.74 bits per heavy atom. The first-order valence-corrected chi connectivity index (χ1v) is 12.4. The van der Waals surface area contributed by atoms with Gasteiger partial charge in [-0.05, 0) is 65.8 Å². The Kier molecular flexibility index (Phi) is 5.57. The second-order valence-electron chi connectivity index (χ2n) is 9.38. The van der Waals surface area contributed by atoms with Crippen LogP contribution >= 0.6 is 0 Å². The molecule has 2 atom stereocenters. The van der Waals surface area contributed by atoms with Crippen molar-refractivity contribution < 1.29 is 9.53 Å². The molecular weight excluding hydrogens is 432 g/mol. The Hall–Kier alpha value is -3.92. The van der Waals surface area contributed by atoms with Crippen LogP contribution in [0.15, 0.2) is 90.6 Å². The first-order chi connectivity index (χ1) is 17.2. The molecule has 2 aliphatic rings. The van der Waals surface area contributed by atoms with E-state index in [1.165, 1.54) is 5.56 Å². The summed E-state index contributed by atoms with van der Waals surface area (Å²) in [5.41, 5.74) is 7.47. The van der Waals surface area contributed by atoms with Gasteiger partial charge in [0.05, 0.1) is 18.2 Å². The lowest BCUT2D eigenvalue weighted by molar-refractivity contribution is -0.116. The van der Waals surface area contributed by atoms with Gasteiger partial charge in [0, 0.05) is 34.8 Å². The highest BCUT2D eigenvalue weighted by atomic mass is 16.5. The number of Topliss-reactive ketones (excluding diaryl/α,β-unsaturated/α-hetero) is 1. The topological polar surface area (TPSA) is 51.2 Å². The predicted octanol–water partition coefficient (Wildman–Crippen LogP) is 7.09. The molecule has 3 aromatic carbocycles. The van der Waals surface area contributed by atoms with Crippen LogP contribution in [0.3, 0.4) is 0 Å². The minimum absolute atomic E-state index is 0.172. The van der Waals surface area contributed by atoms with Crippen molar-refractivity contribution in [3.8, 4) is 5.75 Å². The van der Waals surface area contributed by atoms with Crippen molar-refractivity contribution in [2.75, 3.05) is 11.9 Å². The van der Waals surface area contributed by atoms with Gasteiger partial charge in [0.2, 0.25) is 0 Å². The van der Waals surface area contributed by atoms with E-state index in [0.717, 1.165) is 57.5 Å². The van der Waals surface area contributed by atoms with E-state index in [9.17, 15) is 4.79 Å². The molecule has 4 aromatic rings. The Bertz CT molecular complexity index is 1420. The number of pyridine rings is 1. The Morgan fingerprint density at radius 3 is 2.54 bits per heavy atom.